The Hall–Kier alpha value is -0.290. The fourth-order valence-electron chi connectivity index (χ4n) is 1.39. The Kier molecular flexibility index (Phi) is 5.55. The molecular formula is C10H14Cl2N2OS. The van der Waals surface area contributed by atoms with Gasteiger partial charge in [-0.2, -0.15) is 0 Å². The molecule has 0 aliphatic heterocycles. The predicted octanol–water partition coefficient (Wildman–Crippen LogP) is 3.39. The van der Waals surface area contributed by atoms with Crippen LogP contribution in [-0.4, -0.2) is 5.91 Å². The van der Waals surface area contributed by atoms with Gasteiger partial charge >= 0.3 is 0 Å². The molecule has 0 fully saturated rings. The van der Waals surface area contributed by atoms with Gasteiger partial charge < -0.3 is 0 Å². The first-order valence-electron chi connectivity index (χ1n) is 5.09. The fourth-order valence-corrected chi connectivity index (χ4v) is 3.18. The number of nitrogens with two attached hydrogens (primary N) is 1. The monoisotopic (exact) mass is 280 g/mol. The summed E-state index contributed by atoms with van der Waals surface area (Å²) in [7, 11) is 0. The minimum atomic E-state index is -0.390. The van der Waals surface area contributed by atoms with Crippen molar-refractivity contribution in [1.82, 2.24) is 5.43 Å². The topological polar surface area (TPSA) is 55.1 Å². The Balaban J connectivity index is 2.85. The van der Waals surface area contributed by atoms with E-state index >= 15 is 0 Å². The van der Waals surface area contributed by atoms with Crippen molar-refractivity contribution < 1.29 is 4.79 Å². The summed E-state index contributed by atoms with van der Waals surface area (Å²) >= 11 is 13.3. The van der Waals surface area contributed by atoms with Crippen molar-refractivity contribution in [2.45, 2.75) is 32.6 Å². The number of hydrogen-bond acceptors (Lipinski definition) is 3. The maximum atomic E-state index is 11.4. The van der Waals surface area contributed by atoms with Crippen molar-refractivity contribution in [2.24, 2.45) is 5.84 Å². The molecule has 16 heavy (non-hydrogen) atoms. The van der Waals surface area contributed by atoms with Crippen LogP contribution in [0.3, 0.4) is 0 Å². The Morgan fingerprint density at radius 1 is 1.44 bits per heavy atom. The number of nitrogen functional groups attached to an aromatic ring is 1. The van der Waals surface area contributed by atoms with E-state index in [-0.39, 0.29) is 0 Å². The number of nitrogens with one attached hydrogen (secondary N) is 1. The molecule has 1 rings (SSSR count). The van der Waals surface area contributed by atoms with Gasteiger partial charge in [0.15, 0.2) is 0 Å². The van der Waals surface area contributed by atoms with Crippen LogP contribution in [0.4, 0.5) is 0 Å². The van der Waals surface area contributed by atoms with E-state index in [0.717, 1.165) is 31.2 Å². The number of hydrazine groups is 1. The summed E-state index contributed by atoms with van der Waals surface area (Å²) in [5, 5.41) is 0.439. The van der Waals surface area contributed by atoms with Gasteiger partial charge in [-0.05, 0) is 12.8 Å². The zero-order chi connectivity index (χ0) is 12.1. The van der Waals surface area contributed by atoms with Gasteiger partial charge in [0.2, 0.25) is 0 Å². The van der Waals surface area contributed by atoms with Gasteiger partial charge in [-0.25, -0.2) is 5.84 Å². The first kappa shape index (κ1) is 13.8. The molecule has 0 aliphatic rings. The maximum absolute atomic E-state index is 11.4. The van der Waals surface area contributed by atoms with Gasteiger partial charge in [0.25, 0.3) is 5.91 Å². The summed E-state index contributed by atoms with van der Waals surface area (Å²) in [5.74, 6) is 4.67. The summed E-state index contributed by atoms with van der Waals surface area (Å²) in [6.07, 6.45) is 4.09. The second-order valence-electron chi connectivity index (χ2n) is 3.43. The SMILES string of the molecule is CCCCCc1c(Cl)sc(C(=O)NN)c1Cl. The molecule has 3 N–H and O–H groups in total. The number of amides is 1. The van der Waals surface area contributed by atoms with Crippen LogP contribution in [0.2, 0.25) is 9.36 Å². The van der Waals surface area contributed by atoms with Crippen molar-refractivity contribution in [3.05, 3.63) is 19.8 Å². The summed E-state index contributed by atoms with van der Waals surface area (Å²) in [5.41, 5.74) is 2.92. The number of thiophene rings is 1. The van der Waals surface area contributed by atoms with Gasteiger partial charge in [0, 0.05) is 5.56 Å². The van der Waals surface area contributed by atoms with E-state index in [2.05, 4.69) is 12.3 Å². The lowest BCUT2D eigenvalue weighted by Crippen LogP contribution is -2.29. The smallest absolute Gasteiger partial charge is 0.276 e. The zero-order valence-corrected chi connectivity index (χ0v) is 11.3. The predicted molar refractivity (Wildman–Crippen MR) is 69.2 cm³/mol. The molecule has 1 aromatic rings. The largest absolute Gasteiger partial charge is 0.289 e. The third kappa shape index (κ3) is 3.10. The average molecular weight is 281 g/mol. The van der Waals surface area contributed by atoms with Crippen LogP contribution >= 0.6 is 34.5 Å². The third-order valence-corrected chi connectivity index (χ3v) is 4.27. The number of rotatable bonds is 5. The Bertz CT molecular complexity index is 379. The van der Waals surface area contributed by atoms with E-state index in [1.54, 1.807) is 0 Å². The maximum Gasteiger partial charge on any atom is 0.276 e. The molecule has 3 nitrogen and oxygen atoms in total. The highest BCUT2D eigenvalue weighted by atomic mass is 35.5. The second-order valence-corrected chi connectivity index (χ2v) is 5.43. The Morgan fingerprint density at radius 2 is 2.12 bits per heavy atom. The molecule has 0 aromatic carbocycles. The van der Waals surface area contributed by atoms with Gasteiger partial charge in [-0.15, -0.1) is 11.3 Å². The Morgan fingerprint density at radius 3 is 2.69 bits per heavy atom. The first-order valence-corrected chi connectivity index (χ1v) is 6.66. The van der Waals surface area contributed by atoms with Crippen molar-refractivity contribution >= 4 is 40.4 Å². The number of halogens is 2. The fraction of sp³-hybridized carbons (Fsp3) is 0.500. The van der Waals surface area contributed by atoms with E-state index in [1.807, 2.05) is 0 Å². The van der Waals surface area contributed by atoms with Crippen molar-refractivity contribution in [2.75, 3.05) is 0 Å². The number of carbonyl (C=O) groups is 1. The van der Waals surface area contributed by atoms with Crippen LogP contribution in [-0.2, 0) is 6.42 Å². The highest BCUT2D eigenvalue weighted by molar-refractivity contribution is 7.18. The molecule has 1 heterocycles. The molecule has 0 spiro atoms. The molecule has 0 aliphatic carbocycles. The van der Waals surface area contributed by atoms with Crippen molar-refractivity contribution in [3.63, 3.8) is 0 Å². The molecule has 0 saturated carbocycles. The highest BCUT2D eigenvalue weighted by Crippen LogP contribution is 2.37. The standard InChI is InChI=1S/C10H14Cl2N2OS/c1-2-3-4-5-6-7(11)8(10(15)14-13)16-9(6)12/h2-5,13H2,1H3,(H,14,15). The average Bonchev–Trinajstić information content (AvgIpc) is 2.56. The van der Waals surface area contributed by atoms with Crippen LogP contribution in [0.5, 0.6) is 0 Å². The van der Waals surface area contributed by atoms with Crippen LogP contribution in [0, 0.1) is 0 Å². The number of carbonyl (C=O) groups excluding carboxylic acids is 1. The summed E-state index contributed by atoms with van der Waals surface area (Å²) in [6.45, 7) is 2.13. The Labute approximate surface area is 109 Å². The molecular weight excluding hydrogens is 267 g/mol. The van der Waals surface area contributed by atoms with Crippen LogP contribution in [0.15, 0.2) is 0 Å². The second kappa shape index (κ2) is 6.45. The summed E-state index contributed by atoms with van der Waals surface area (Å²) in [4.78, 5) is 11.8. The summed E-state index contributed by atoms with van der Waals surface area (Å²) in [6, 6.07) is 0. The molecule has 1 amide bonds. The molecule has 90 valence electrons. The van der Waals surface area contributed by atoms with E-state index in [4.69, 9.17) is 29.0 Å². The van der Waals surface area contributed by atoms with Crippen LogP contribution in [0.25, 0.3) is 0 Å². The van der Waals surface area contributed by atoms with E-state index < -0.39 is 5.91 Å². The van der Waals surface area contributed by atoms with Gasteiger partial charge in [-0.3, -0.25) is 10.2 Å². The molecule has 6 heteroatoms. The van der Waals surface area contributed by atoms with Gasteiger partial charge in [0.1, 0.15) is 4.88 Å². The minimum Gasteiger partial charge on any atom is -0.289 e. The number of unbranched alkanes of at least 4 members (excludes halogenated alkanes) is 2. The summed E-state index contributed by atoms with van der Waals surface area (Å²) < 4.78 is 0.583. The van der Waals surface area contributed by atoms with Crippen molar-refractivity contribution in [1.29, 1.82) is 0 Å². The number of hydrogen-bond donors (Lipinski definition) is 2. The first-order chi connectivity index (χ1) is 7.61. The highest BCUT2D eigenvalue weighted by Gasteiger charge is 2.19. The van der Waals surface area contributed by atoms with Gasteiger partial charge in [0.05, 0.1) is 9.36 Å². The van der Waals surface area contributed by atoms with Crippen LogP contribution in [0.1, 0.15) is 41.4 Å². The molecule has 1 aromatic heterocycles. The lowest BCUT2D eigenvalue weighted by Gasteiger charge is -2.00. The third-order valence-electron chi connectivity index (χ3n) is 2.26. The minimum absolute atomic E-state index is 0.390. The normalized spacial score (nSPS) is 10.5. The molecule has 0 atom stereocenters. The van der Waals surface area contributed by atoms with E-state index in [0.29, 0.717) is 14.2 Å². The van der Waals surface area contributed by atoms with Gasteiger partial charge in [-0.1, -0.05) is 43.0 Å². The van der Waals surface area contributed by atoms with E-state index in [1.165, 1.54) is 11.3 Å². The van der Waals surface area contributed by atoms with Crippen molar-refractivity contribution in [3.8, 4) is 0 Å². The van der Waals surface area contributed by atoms with E-state index in [9.17, 15) is 4.79 Å². The molecule has 0 bridgehead atoms. The zero-order valence-electron chi connectivity index (χ0n) is 8.98. The molecule has 0 radical (unpaired) electrons. The quantitative estimate of drug-likeness (QED) is 0.376. The molecule has 0 saturated heterocycles. The molecule has 0 unspecified atom stereocenters. The van der Waals surface area contributed by atoms with Crippen LogP contribution < -0.4 is 11.3 Å². The lowest BCUT2D eigenvalue weighted by molar-refractivity contribution is 0.0958. The lowest BCUT2D eigenvalue weighted by atomic mass is 10.1.